The van der Waals surface area contributed by atoms with E-state index >= 15 is 0 Å². The van der Waals surface area contributed by atoms with Gasteiger partial charge in [0.15, 0.2) is 17.7 Å². The number of methoxy groups -OCH3 is 2. The lowest BCUT2D eigenvalue weighted by molar-refractivity contribution is 0.0926. The number of hydrogen-bond acceptors (Lipinski definition) is 6. The zero-order valence-electron chi connectivity index (χ0n) is 21.5. The molecular formula is C28H28N4O6. The second-order valence-electron chi connectivity index (χ2n) is 9.39. The standard InChI is InChI=1S/C28H28N4O6/c1-28(2)24(32-26(34)31(27(35)38-32)21-15-9-6-10-16-21)30(20-13-7-5-8-14-20)25(33)29(28)18-19-12-11-17-22(36-3)23(19)37-4/h5-17,24H,18H2,1-4H3/t24-/m1/s1. The van der Waals surface area contributed by atoms with Crippen LogP contribution in [-0.4, -0.2) is 40.0 Å². The van der Waals surface area contributed by atoms with Gasteiger partial charge in [-0.05, 0) is 44.2 Å². The first-order valence-electron chi connectivity index (χ1n) is 12.1. The number of rotatable bonds is 7. The molecule has 1 aliphatic heterocycles. The normalized spacial score (nSPS) is 16.6. The van der Waals surface area contributed by atoms with Crippen LogP contribution < -0.4 is 25.8 Å². The summed E-state index contributed by atoms with van der Waals surface area (Å²) in [6.07, 6.45) is -0.973. The van der Waals surface area contributed by atoms with Crippen LogP contribution in [0.5, 0.6) is 11.5 Å². The summed E-state index contributed by atoms with van der Waals surface area (Å²) in [5.74, 6) is 0.200. The highest BCUT2D eigenvalue weighted by Crippen LogP contribution is 2.44. The fourth-order valence-electron chi connectivity index (χ4n) is 4.98. The Morgan fingerprint density at radius 3 is 2.05 bits per heavy atom. The second kappa shape index (κ2) is 9.62. The molecule has 0 N–H and O–H groups in total. The third-order valence-electron chi connectivity index (χ3n) is 6.83. The fourth-order valence-corrected chi connectivity index (χ4v) is 4.98. The third kappa shape index (κ3) is 3.94. The maximum atomic E-state index is 14.1. The van der Waals surface area contributed by atoms with Crippen LogP contribution in [0.2, 0.25) is 0 Å². The Morgan fingerprint density at radius 2 is 1.45 bits per heavy atom. The van der Waals surface area contributed by atoms with Gasteiger partial charge in [0, 0.05) is 11.3 Å². The van der Waals surface area contributed by atoms with Crippen molar-refractivity contribution in [1.29, 1.82) is 0 Å². The van der Waals surface area contributed by atoms with Gasteiger partial charge >= 0.3 is 17.5 Å². The highest BCUT2D eigenvalue weighted by molar-refractivity contribution is 5.95. The van der Waals surface area contributed by atoms with E-state index in [1.807, 2.05) is 32.0 Å². The van der Waals surface area contributed by atoms with Crippen LogP contribution in [0.4, 0.5) is 10.5 Å². The molecule has 0 unspecified atom stereocenters. The molecule has 3 aromatic carbocycles. The molecule has 0 aliphatic carbocycles. The molecule has 2 amide bonds. The number of anilines is 1. The number of carbonyl (C=O) groups is 1. The van der Waals surface area contributed by atoms with Crippen LogP contribution in [0.25, 0.3) is 5.69 Å². The molecule has 0 radical (unpaired) electrons. The number of para-hydroxylation sites is 3. The molecule has 2 heterocycles. The first kappa shape index (κ1) is 24.9. The largest absolute Gasteiger partial charge is 0.493 e. The van der Waals surface area contributed by atoms with Crippen LogP contribution in [0.3, 0.4) is 0 Å². The molecule has 1 fully saturated rings. The predicted molar refractivity (Wildman–Crippen MR) is 141 cm³/mol. The summed E-state index contributed by atoms with van der Waals surface area (Å²) in [7, 11) is 3.09. The Balaban J connectivity index is 1.66. The summed E-state index contributed by atoms with van der Waals surface area (Å²) in [6.45, 7) is 3.82. The molecular weight excluding hydrogens is 488 g/mol. The quantitative estimate of drug-likeness (QED) is 0.368. The van der Waals surface area contributed by atoms with Gasteiger partial charge in [0.05, 0.1) is 32.0 Å². The fraction of sp³-hybridized carbons (Fsp3) is 0.250. The summed E-state index contributed by atoms with van der Waals surface area (Å²) in [6, 6.07) is 22.6. The van der Waals surface area contributed by atoms with Gasteiger partial charge in [0.1, 0.15) is 0 Å². The van der Waals surface area contributed by atoms with Gasteiger partial charge in [0.25, 0.3) is 0 Å². The van der Waals surface area contributed by atoms with Crippen molar-refractivity contribution < 1.29 is 18.8 Å². The van der Waals surface area contributed by atoms with Crippen molar-refractivity contribution in [2.45, 2.75) is 32.1 Å². The van der Waals surface area contributed by atoms with E-state index in [1.165, 1.54) is 12.0 Å². The maximum absolute atomic E-state index is 14.1. The lowest BCUT2D eigenvalue weighted by atomic mass is 9.99. The highest BCUT2D eigenvalue weighted by Gasteiger charge is 2.55. The van der Waals surface area contributed by atoms with Crippen molar-refractivity contribution in [3.05, 3.63) is 105 Å². The van der Waals surface area contributed by atoms with E-state index in [1.54, 1.807) is 72.7 Å². The first-order chi connectivity index (χ1) is 18.3. The third-order valence-corrected chi connectivity index (χ3v) is 6.83. The summed E-state index contributed by atoms with van der Waals surface area (Å²) in [5.41, 5.74) is -0.0515. The molecule has 38 heavy (non-hydrogen) atoms. The summed E-state index contributed by atoms with van der Waals surface area (Å²) in [4.78, 5) is 43.7. The molecule has 0 bridgehead atoms. The van der Waals surface area contributed by atoms with Crippen molar-refractivity contribution >= 4 is 11.7 Å². The van der Waals surface area contributed by atoms with E-state index in [0.29, 0.717) is 22.9 Å². The van der Waals surface area contributed by atoms with E-state index in [9.17, 15) is 14.4 Å². The Hall–Kier alpha value is -4.73. The molecule has 5 rings (SSSR count). The van der Waals surface area contributed by atoms with Gasteiger partial charge in [0.2, 0.25) is 0 Å². The van der Waals surface area contributed by atoms with Gasteiger partial charge in [-0.25, -0.2) is 14.4 Å². The van der Waals surface area contributed by atoms with Crippen LogP contribution in [0.1, 0.15) is 25.6 Å². The van der Waals surface area contributed by atoms with Crippen molar-refractivity contribution in [3.63, 3.8) is 0 Å². The van der Waals surface area contributed by atoms with Crippen molar-refractivity contribution in [3.8, 4) is 17.2 Å². The van der Waals surface area contributed by atoms with Crippen LogP contribution in [0, 0.1) is 0 Å². The Kier molecular flexibility index (Phi) is 6.31. The molecule has 196 valence electrons. The van der Waals surface area contributed by atoms with Crippen molar-refractivity contribution in [1.82, 2.24) is 14.2 Å². The summed E-state index contributed by atoms with van der Waals surface area (Å²) in [5, 5.41) is 0. The molecule has 10 nitrogen and oxygen atoms in total. The average Bonchev–Trinajstić information content (AvgIpc) is 3.32. The molecule has 10 heteroatoms. The van der Waals surface area contributed by atoms with E-state index in [2.05, 4.69) is 0 Å². The minimum absolute atomic E-state index is 0.157. The highest BCUT2D eigenvalue weighted by atomic mass is 16.5. The Morgan fingerprint density at radius 1 is 0.816 bits per heavy atom. The number of ether oxygens (including phenoxy) is 2. The molecule has 0 spiro atoms. The summed E-state index contributed by atoms with van der Waals surface area (Å²) >= 11 is 0. The molecule has 1 atom stereocenters. The summed E-state index contributed by atoms with van der Waals surface area (Å²) < 4.78 is 18.5. The minimum atomic E-state index is -1.01. The number of nitrogens with zero attached hydrogens (tertiary/aromatic N) is 4. The zero-order valence-corrected chi connectivity index (χ0v) is 21.5. The van der Waals surface area contributed by atoms with Gasteiger partial charge in [-0.15, -0.1) is 4.74 Å². The number of carbonyl (C=O) groups excluding carboxylic acids is 1. The van der Waals surface area contributed by atoms with E-state index in [4.69, 9.17) is 14.0 Å². The number of amides is 2. The van der Waals surface area contributed by atoms with Gasteiger partial charge < -0.3 is 18.9 Å². The van der Waals surface area contributed by atoms with E-state index in [-0.39, 0.29) is 12.6 Å². The number of benzene rings is 3. The molecule has 0 saturated carbocycles. The van der Waals surface area contributed by atoms with Crippen LogP contribution >= 0.6 is 0 Å². The van der Waals surface area contributed by atoms with E-state index < -0.39 is 23.2 Å². The Labute approximate surface area is 218 Å². The lowest BCUT2D eigenvalue weighted by Gasteiger charge is -2.34. The van der Waals surface area contributed by atoms with Crippen LogP contribution in [0.15, 0.2) is 93.0 Å². The van der Waals surface area contributed by atoms with Gasteiger partial charge in [-0.2, -0.15) is 4.57 Å². The number of hydrogen-bond donors (Lipinski definition) is 0. The molecule has 1 aliphatic rings. The van der Waals surface area contributed by atoms with Gasteiger partial charge in [-0.3, -0.25) is 4.90 Å². The second-order valence-corrected chi connectivity index (χ2v) is 9.39. The van der Waals surface area contributed by atoms with Crippen molar-refractivity contribution in [2.24, 2.45) is 0 Å². The van der Waals surface area contributed by atoms with Crippen molar-refractivity contribution in [2.75, 3.05) is 19.1 Å². The van der Waals surface area contributed by atoms with E-state index in [0.717, 1.165) is 14.9 Å². The maximum Gasteiger partial charge on any atom is 0.447 e. The average molecular weight is 517 g/mol. The number of urea groups is 1. The first-order valence-corrected chi connectivity index (χ1v) is 12.1. The number of aromatic nitrogens is 2. The smallest absolute Gasteiger partial charge is 0.447 e. The predicted octanol–water partition coefficient (Wildman–Crippen LogP) is 4.03. The molecule has 1 saturated heterocycles. The monoisotopic (exact) mass is 516 g/mol. The lowest BCUT2D eigenvalue weighted by Crippen LogP contribution is -2.46. The minimum Gasteiger partial charge on any atom is -0.493 e. The zero-order chi connectivity index (χ0) is 27.0. The topological polar surface area (TPSA) is 99.1 Å². The molecule has 4 aromatic rings. The Bertz CT molecular complexity index is 1570. The van der Waals surface area contributed by atoms with Crippen LogP contribution in [-0.2, 0) is 6.54 Å². The molecule has 1 aromatic heterocycles. The van der Waals surface area contributed by atoms with Gasteiger partial charge in [-0.1, -0.05) is 48.5 Å². The SMILES string of the molecule is COc1cccc(CN2C(=O)N(c3ccccc3)[C@H](n3oc(=O)n(-c4ccccc4)c3=O)C2(C)C)c1OC.